The summed E-state index contributed by atoms with van der Waals surface area (Å²) in [6, 6.07) is 9.78. The molecule has 0 saturated heterocycles. The van der Waals surface area contributed by atoms with Gasteiger partial charge in [-0.3, -0.25) is 9.59 Å². The lowest BCUT2D eigenvalue weighted by molar-refractivity contribution is -0.125. The summed E-state index contributed by atoms with van der Waals surface area (Å²) in [6.45, 7) is -0.299. The Hall–Kier alpha value is -3.38. The Kier molecular flexibility index (Phi) is 5.68. The predicted octanol–water partition coefficient (Wildman–Crippen LogP) is 1.80. The predicted molar refractivity (Wildman–Crippen MR) is 98.1 cm³/mol. The Morgan fingerprint density at radius 2 is 1.93 bits per heavy atom. The van der Waals surface area contributed by atoms with Crippen LogP contribution in [0.1, 0.15) is 5.01 Å². The van der Waals surface area contributed by atoms with E-state index in [0.29, 0.717) is 10.7 Å². The summed E-state index contributed by atoms with van der Waals surface area (Å²) in [6.07, 6.45) is 1.68. The number of thiazole rings is 1. The molecule has 0 saturated carbocycles. The maximum atomic E-state index is 13.1. The van der Waals surface area contributed by atoms with Crippen LogP contribution in [0.4, 0.5) is 4.39 Å². The molecule has 0 bridgehead atoms. The number of benzene rings is 1. The molecule has 0 aliphatic rings. The normalized spacial score (nSPS) is 10.4. The summed E-state index contributed by atoms with van der Waals surface area (Å²) >= 11 is 1.33. The molecule has 0 atom stereocenters. The zero-order valence-electron chi connectivity index (χ0n) is 14.0. The number of carbonyl (C=O) groups excluding carboxylic acids is 2. The van der Waals surface area contributed by atoms with Crippen molar-refractivity contribution in [1.82, 2.24) is 20.6 Å². The lowest BCUT2D eigenvalue weighted by Gasteiger charge is -2.03. The molecule has 9 heteroatoms. The van der Waals surface area contributed by atoms with Crippen molar-refractivity contribution in [3.05, 3.63) is 47.4 Å². The minimum Gasteiger partial charge on any atom is -0.347 e. The molecule has 2 aromatic heterocycles. The van der Waals surface area contributed by atoms with E-state index in [1.807, 2.05) is 6.07 Å². The van der Waals surface area contributed by atoms with E-state index < -0.39 is 5.91 Å². The first-order valence-electron chi connectivity index (χ1n) is 7.97. The molecule has 0 unspecified atom stereocenters. The van der Waals surface area contributed by atoms with Crippen LogP contribution in [-0.2, 0) is 16.0 Å². The van der Waals surface area contributed by atoms with Crippen LogP contribution in [0.15, 0.2) is 36.5 Å². The quantitative estimate of drug-likeness (QED) is 0.631. The smallest absolute Gasteiger partial charge is 0.240 e. The van der Waals surface area contributed by atoms with Crippen LogP contribution in [0.5, 0.6) is 0 Å². The van der Waals surface area contributed by atoms with Crippen molar-refractivity contribution < 1.29 is 14.0 Å². The Bertz CT molecular complexity index is 1030. The van der Waals surface area contributed by atoms with E-state index in [9.17, 15) is 14.0 Å². The van der Waals surface area contributed by atoms with Crippen LogP contribution >= 0.6 is 11.3 Å². The van der Waals surface area contributed by atoms with Crippen LogP contribution < -0.4 is 10.6 Å². The molecule has 3 rings (SSSR count). The molecular weight excluding hydrogens is 369 g/mol. The molecule has 136 valence electrons. The average Bonchev–Trinajstić information content (AvgIpc) is 3.06. The van der Waals surface area contributed by atoms with Gasteiger partial charge in [-0.05, 0) is 23.8 Å². The Morgan fingerprint density at radius 1 is 1.15 bits per heavy atom. The summed E-state index contributed by atoms with van der Waals surface area (Å²) in [4.78, 5) is 31.9. The molecule has 0 aliphatic heterocycles. The zero-order chi connectivity index (χ0) is 19.2. The highest BCUT2D eigenvalue weighted by Gasteiger charge is 2.12. The molecule has 2 amide bonds. The van der Waals surface area contributed by atoms with Crippen LogP contribution in [0.3, 0.4) is 0 Å². The highest BCUT2D eigenvalue weighted by atomic mass is 32.1. The van der Waals surface area contributed by atoms with E-state index in [-0.39, 0.29) is 31.2 Å². The monoisotopic (exact) mass is 383 g/mol. The molecule has 7 nitrogen and oxygen atoms in total. The van der Waals surface area contributed by atoms with E-state index in [4.69, 9.17) is 5.26 Å². The number of hydrogen-bond acceptors (Lipinski definition) is 6. The highest BCUT2D eigenvalue weighted by Crippen LogP contribution is 2.27. The van der Waals surface area contributed by atoms with Gasteiger partial charge in [-0.15, -0.1) is 11.3 Å². The molecule has 0 aliphatic carbocycles. The summed E-state index contributed by atoms with van der Waals surface area (Å²) in [5, 5.41) is 13.8. The SMILES string of the molecule is N#CCNC(=O)CNC(=O)Cc1nc2ncc(-c3ccc(F)cc3)cc2s1. The number of aromatic nitrogens is 2. The van der Waals surface area contributed by atoms with E-state index in [1.54, 1.807) is 24.4 Å². The fourth-order valence-corrected chi connectivity index (χ4v) is 3.28. The summed E-state index contributed by atoms with van der Waals surface area (Å²) in [7, 11) is 0. The van der Waals surface area contributed by atoms with E-state index in [1.165, 1.54) is 23.5 Å². The van der Waals surface area contributed by atoms with Gasteiger partial charge in [0.2, 0.25) is 11.8 Å². The number of hydrogen-bond donors (Lipinski definition) is 2. The van der Waals surface area contributed by atoms with Gasteiger partial charge >= 0.3 is 0 Å². The van der Waals surface area contributed by atoms with Crippen LogP contribution in [0.25, 0.3) is 21.5 Å². The van der Waals surface area contributed by atoms with E-state index >= 15 is 0 Å². The first kappa shape index (κ1) is 18.4. The van der Waals surface area contributed by atoms with Crippen molar-refractivity contribution in [3.8, 4) is 17.2 Å². The summed E-state index contributed by atoms with van der Waals surface area (Å²) in [5.41, 5.74) is 2.19. The number of nitriles is 1. The van der Waals surface area contributed by atoms with Crippen LogP contribution in [0, 0.1) is 17.1 Å². The van der Waals surface area contributed by atoms with Crippen molar-refractivity contribution in [2.45, 2.75) is 6.42 Å². The number of pyridine rings is 1. The number of nitrogens with one attached hydrogen (secondary N) is 2. The number of halogens is 1. The average molecular weight is 383 g/mol. The second-order valence-electron chi connectivity index (χ2n) is 5.55. The number of carbonyl (C=O) groups is 2. The first-order valence-corrected chi connectivity index (χ1v) is 8.78. The minimum absolute atomic E-state index is 0.0262. The molecule has 0 radical (unpaired) electrons. The van der Waals surface area contributed by atoms with Gasteiger partial charge in [-0.2, -0.15) is 5.26 Å². The van der Waals surface area contributed by atoms with Gasteiger partial charge in [0.15, 0.2) is 5.65 Å². The summed E-state index contributed by atoms with van der Waals surface area (Å²) < 4.78 is 13.9. The maximum absolute atomic E-state index is 13.1. The lowest BCUT2D eigenvalue weighted by Crippen LogP contribution is -2.37. The van der Waals surface area contributed by atoms with Gasteiger partial charge in [0.1, 0.15) is 17.4 Å². The molecule has 3 aromatic rings. The van der Waals surface area contributed by atoms with Gasteiger partial charge < -0.3 is 10.6 Å². The van der Waals surface area contributed by atoms with E-state index in [2.05, 4.69) is 20.6 Å². The Labute approximate surface area is 157 Å². The third kappa shape index (κ3) is 4.83. The van der Waals surface area contributed by atoms with Gasteiger partial charge in [-0.1, -0.05) is 12.1 Å². The van der Waals surface area contributed by atoms with E-state index in [0.717, 1.165) is 15.8 Å². The van der Waals surface area contributed by atoms with Crippen molar-refractivity contribution in [2.24, 2.45) is 0 Å². The standard InChI is InChI=1S/C18H14FN5O2S/c19-13-3-1-11(2-4-13)12-7-14-18(23-9-12)24-17(27-14)8-15(25)22-10-16(26)21-6-5-20/h1-4,7,9H,6,8,10H2,(H,21,26)(H,22,25). The fourth-order valence-electron chi connectivity index (χ4n) is 2.32. The van der Waals surface area contributed by atoms with Crippen molar-refractivity contribution in [3.63, 3.8) is 0 Å². The largest absolute Gasteiger partial charge is 0.347 e. The first-order chi connectivity index (χ1) is 13.0. The molecule has 2 heterocycles. The Morgan fingerprint density at radius 3 is 2.67 bits per heavy atom. The second kappa shape index (κ2) is 8.33. The fraction of sp³-hybridized carbons (Fsp3) is 0.167. The summed E-state index contributed by atoms with van der Waals surface area (Å²) in [5.74, 6) is -1.08. The van der Waals surface area contributed by atoms with Crippen molar-refractivity contribution >= 4 is 33.5 Å². The highest BCUT2D eigenvalue weighted by molar-refractivity contribution is 7.18. The minimum atomic E-state index is -0.431. The maximum Gasteiger partial charge on any atom is 0.240 e. The molecule has 2 N–H and O–H groups in total. The van der Waals surface area contributed by atoms with Crippen LogP contribution in [-0.4, -0.2) is 34.9 Å². The van der Waals surface area contributed by atoms with Crippen LogP contribution in [0.2, 0.25) is 0 Å². The number of nitrogens with zero attached hydrogens (tertiary/aromatic N) is 3. The van der Waals surface area contributed by atoms with Crippen molar-refractivity contribution in [2.75, 3.05) is 13.1 Å². The zero-order valence-corrected chi connectivity index (χ0v) is 14.8. The third-order valence-electron chi connectivity index (χ3n) is 3.59. The van der Waals surface area contributed by atoms with Gasteiger partial charge in [0.05, 0.1) is 23.7 Å². The molecule has 1 aromatic carbocycles. The molecule has 0 spiro atoms. The van der Waals surface area contributed by atoms with Gasteiger partial charge in [-0.25, -0.2) is 14.4 Å². The van der Waals surface area contributed by atoms with Gasteiger partial charge in [0.25, 0.3) is 0 Å². The van der Waals surface area contributed by atoms with Gasteiger partial charge in [0, 0.05) is 11.8 Å². The number of fused-ring (bicyclic) bond motifs is 1. The third-order valence-corrected chi connectivity index (χ3v) is 4.58. The number of amides is 2. The second-order valence-corrected chi connectivity index (χ2v) is 6.66. The topological polar surface area (TPSA) is 108 Å². The van der Waals surface area contributed by atoms with Crippen molar-refractivity contribution in [1.29, 1.82) is 5.26 Å². The lowest BCUT2D eigenvalue weighted by atomic mass is 10.1. The molecule has 0 fully saturated rings. The Balaban J connectivity index is 1.66. The molecular formula is C18H14FN5O2S. The molecule has 27 heavy (non-hydrogen) atoms. The number of rotatable bonds is 6.